The van der Waals surface area contributed by atoms with Crippen LogP contribution < -0.4 is 10.2 Å². The van der Waals surface area contributed by atoms with Gasteiger partial charge in [0.2, 0.25) is 5.91 Å². The lowest BCUT2D eigenvalue weighted by Crippen LogP contribution is -2.73. The van der Waals surface area contributed by atoms with Crippen molar-refractivity contribution in [2.45, 2.75) is 56.3 Å². The number of ketones is 1. The number of nitrogens with one attached hydrogen (secondary N) is 1. The van der Waals surface area contributed by atoms with Crippen LogP contribution in [-0.4, -0.2) is 64.9 Å². The number of β-lactam (4-membered cyclic amide) rings is 1. The number of carbonyl (C=O) groups is 3. The van der Waals surface area contributed by atoms with Crippen molar-refractivity contribution in [1.29, 1.82) is 0 Å². The first-order valence-electron chi connectivity index (χ1n) is 12.6. The lowest BCUT2D eigenvalue weighted by atomic mass is 9.85. The number of Topliss-reactive ketones (excluding diaryl/α,β-unsaturated/α-hetero) is 1. The van der Waals surface area contributed by atoms with Gasteiger partial charge in [0, 0.05) is 23.7 Å². The van der Waals surface area contributed by atoms with Gasteiger partial charge in [-0.2, -0.15) is 0 Å². The average molecular weight is 508 g/mol. The van der Waals surface area contributed by atoms with E-state index in [-0.39, 0.29) is 36.7 Å². The number of aliphatic hydroxyl groups excluding tert-OH is 1. The van der Waals surface area contributed by atoms with E-state index in [4.69, 9.17) is 11.6 Å². The largest absolute Gasteiger partial charge is 0.395 e. The van der Waals surface area contributed by atoms with Crippen LogP contribution in [0.15, 0.2) is 54.6 Å². The monoisotopic (exact) mass is 507 g/mol. The molecule has 2 heterocycles. The van der Waals surface area contributed by atoms with Crippen molar-refractivity contribution < 1.29 is 19.5 Å². The van der Waals surface area contributed by atoms with Crippen molar-refractivity contribution in [3.8, 4) is 0 Å². The molecule has 3 aliphatic rings. The Morgan fingerprint density at radius 2 is 1.81 bits per heavy atom. The molecule has 5 rings (SSSR count). The van der Waals surface area contributed by atoms with Gasteiger partial charge < -0.3 is 14.9 Å². The van der Waals surface area contributed by atoms with Crippen LogP contribution in [0, 0.1) is 0 Å². The SMILES string of the molecule is O=C1C(=O)N(CC(CO)N[C@H]2C(=O)N(C3CCCCC3)[C@H]2/C=C/c2ccccc2)c2ccc(Cl)cc21. The van der Waals surface area contributed by atoms with Crippen LogP contribution in [0.3, 0.4) is 0 Å². The zero-order valence-corrected chi connectivity index (χ0v) is 20.7. The maximum Gasteiger partial charge on any atom is 0.299 e. The maximum absolute atomic E-state index is 13.3. The van der Waals surface area contributed by atoms with Gasteiger partial charge in [-0.25, -0.2) is 0 Å². The number of likely N-dealkylation sites (tertiary alicyclic amines) is 1. The molecular weight excluding hydrogens is 478 g/mol. The quantitative estimate of drug-likeness (QED) is 0.422. The maximum atomic E-state index is 13.3. The standard InChI is InChI=1S/C28H30ClN3O4/c29-19-12-14-23-22(15-19)26(34)28(36)31(23)16-20(17-33)30-25-24(13-11-18-7-3-1-4-8-18)32(27(25)35)21-9-5-2-6-10-21/h1,3-4,7-8,11-15,20-21,24-25,30,33H,2,5-6,9-10,16-17H2/b13-11+/t20?,24-,25+/m0/s1. The normalized spacial score (nSPS) is 23.3. The summed E-state index contributed by atoms with van der Waals surface area (Å²) in [4.78, 5) is 41.8. The van der Waals surface area contributed by atoms with Crippen LogP contribution in [0.5, 0.6) is 0 Å². The predicted octanol–water partition coefficient (Wildman–Crippen LogP) is 3.45. The Labute approximate surface area is 215 Å². The summed E-state index contributed by atoms with van der Waals surface area (Å²) in [5.74, 6) is -1.26. The zero-order chi connectivity index (χ0) is 25.2. The third kappa shape index (κ3) is 4.71. The third-order valence-electron chi connectivity index (χ3n) is 7.41. The van der Waals surface area contributed by atoms with Gasteiger partial charge in [-0.05, 0) is 36.6 Å². The molecule has 2 aliphatic heterocycles. The van der Waals surface area contributed by atoms with Gasteiger partial charge >= 0.3 is 0 Å². The fraction of sp³-hybridized carbons (Fsp3) is 0.393. The first-order valence-corrected chi connectivity index (χ1v) is 12.9. The Morgan fingerprint density at radius 3 is 2.53 bits per heavy atom. The lowest BCUT2D eigenvalue weighted by molar-refractivity contribution is -0.154. The second kappa shape index (κ2) is 10.5. The molecule has 7 nitrogen and oxygen atoms in total. The summed E-state index contributed by atoms with van der Waals surface area (Å²) in [6.45, 7) is -0.221. The molecule has 1 aliphatic carbocycles. The van der Waals surface area contributed by atoms with Gasteiger partial charge in [-0.3, -0.25) is 19.7 Å². The van der Waals surface area contributed by atoms with Crippen molar-refractivity contribution in [3.05, 3.63) is 70.8 Å². The molecule has 3 atom stereocenters. The molecule has 1 saturated carbocycles. The van der Waals surface area contributed by atoms with E-state index in [0.29, 0.717) is 10.7 Å². The second-order valence-electron chi connectivity index (χ2n) is 9.73. The smallest absolute Gasteiger partial charge is 0.299 e. The molecule has 2 amide bonds. The molecule has 0 bridgehead atoms. The van der Waals surface area contributed by atoms with Crippen LogP contribution in [0.1, 0.15) is 48.0 Å². The van der Waals surface area contributed by atoms with E-state index in [9.17, 15) is 19.5 Å². The Balaban J connectivity index is 1.34. The Bertz CT molecular complexity index is 1180. The molecule has 188 valence electrons. The van der Waals surface area contributed by atoms with Crippen molar-refractivity contribution in [2.75, 3.05) is 18.1 Å². The number of carbonyl (C=O) groups excluding carboxylic acids is 3. The first-order chi connectivity index (χ1) is 17.5. The summed E-state index contributed by atoms with van der Waals surface area (Å²) in [6, 6.07) is 13.7. The topological polar surface area (TPSA) is 90.0 Å². The van der Waals surface area contributed by atoms with Gasteiger partial charge in [0.15, 0.2) is 0 Å². The second-order valence-corrected chi connectivity index (χ2v) is 10.2. The van der Waals surface area contributed by atoms with Gasteiger partial charge in [0.1, 0.15) is 6.04 Å². The first kappa shape index (κ1) is 24.7. The van der Waals surface area contributed by atoms with E-state index < -0.39 is 23.8 Å². The zero-order valence-electron chi connectivity index (χ0n) is 20.0. The number of anilines is 1. The van der Waals surface area contributed by atoms with Crippen LogP contribution in [0.25, 0.3) is 6.08 Å². The summed E-state index contributed by atoms with van der Waals surface area (Å²) in [6.07, 6.45) is 9.53. The Kier molecular flexibility index (Phi) is 7.23. The van der Waals surface area contributed by atoms with Crippen LogP contribution >= 0.6 is 11.6 Å². The molecule has 0 radical (unpaired) electrons. The highest BCUT2D eigenvalue weighted by atomic mass is 35.5. The number of halogens is 1. The molecule has 2 N–H and O–H groups in total. The lowest BCUT2D eigenvalue weighted by Gasteiger charge is -2.52. The minimum absolute atomic E-state index is 0.0130. The summed E-state index contributed by atoms with van der Waals surface area (Å²) in [5.41, 5.74) is 1.78. The van der Waals surface area contributed by atoms with Crippen LogP contribution in [0.2, 0.25) is 5.02 Å². The molecule has 1 unspecified atom stereocenters. The Hall–Kier alpha value is -3.00. The third-order valence-corrected chi connectivity index (χ3v) is 7.64. The summed E-state index contributed by atoms with van der Waals surface area (Å²) in [7, 11) is 0. The number of hydrogen-bond donors (Lipinski definition) is 2. The number of benzene rings is 2. The molecule has 36 heavy (non-hydrogen) atoms. The molecule has 0 spiro atoms. The molecule has 8 heteroatoms. The van der Waals surface area contributed by atoms with E-state index in [0.717, 1.165) is 31.2 Å². The predicted molar refractivity (Wildman–Crippen MR) is 139 cm³/mol. The molecule has 2 aromatic rings. The summed E-state index contributed by atoms with van der Waals surface area (Å²) in [5, 5.41) is 13.8. The van der Waals surface area contributed by atoms with Gasteiger partial charge in [-0.15, -0.1) is 0 Å². The number of amides is 2. The number of rotatable bonds is 8. The fourth-order valence-electron chi connectivity index (χ4n) is 5.55. The summed E-state index contributed by atoms with van der Waals surface area (Å²) < 4.78 is 0. The van der Waals surface area contributed by atoms with E-state index in [2.05, 4.69) is 11.4 Å². The van der Waals surface area contributed by atoms with Gasteiger partial charge in [-0.1, -0.05) is 73.3 Å². The number of fused-ring (bicyclic) bond motifs is 1. The van der Waals surface area contributed by atoms with Crippen molar-refractivity contribution >= 4 is 41.0 Å². The van der Waals surface area contributed by atoms with Crippen molar-refractivity contribution in [1.82, 2.24) is 10.2 Å². The number of nitrogens with zero attached hydrogens (tertiary/aromatic N) is 2. The fourth-order valence-corrected chi connectivity index (χ4v) is 5.73. The van der Waals surface area contributed by atoms with Crippen LogP contribution in [0.4, 0.5) is 5.69 Å². The Morgan fingerprint density at radius 1 is 1.06 bits per heavy atom. The number of hydrogen-bond acceptors (Lipinski definition) is 5. The van der Waals surface area contributed by atoms with Gasteiger partial charge in [0.05, 0.1) is 23.9 Å². The van der Waals surface area contributed by atoms with Gasteiger partial charge in [0.25, 0.3) is 11.7 Å². The minimum atomic E-state index is -0.656. The molecular formula is C28H30ClN3O4. The van der Waals surface area contributed by atoms with E-state index in [1.165, 1.54) is 17.4 Å². The highest BCUT2D eigenvalue weighted by Crippen LogP contribution is 2.34. The number of aliphatic hydroxyl groups is 1. The van der Waals surface area contributed by atoms with E-state index >= 15 is 0 Å². The van der Waals surface area contributed by atoms with Crippen molar-refractivity contribution in [3.63, 3.8) is 0 Å². The molecule has 0 aromatic heterocycles. The summed E-state index contributed by atoms with van der Waals surface area (Å²) >= 11 is 6.01. The van der Waals surface area contributed by atoms with E-state index in [1.54, 1.807) is 12.1 Å². The van der Waals surface area contributed by atoms with Crippen molar-refractivity contribution in [2.24, 2.45) is 0 Å². The highest BCUT2D eigenvalue weighted by Gasteiger charge is 2.50. The molecule has 2 aromatic carbocycles. The molecule has 1 saturated heterocycles. The molecule has 2 fully saturated rings. The van der Waals surface area contributed by atoms with E-state index in [1.807, 2.05) is 41.3 Å². The minimum Gasteiger partial charge on any atom is -0.395 e. The highest BCUT2D eigenvalue weighted by molar-refractivity contribution is 6.52. The average Bonchev–Trinajstić information content (AvgIpc) is 3.13. The van der Waals surface area contributed by atoms with Crippen LogP contribution in [-0.2, 0) is 9.59 Å².